The highest BCUT2D eigenvalue weighted by Gasteiger charge is 2.33. The van der Waals surface area contributed by atoms with E-state index in [9.17, 15) is 14.9 Å². The predicted molar refractivity (Wildman–Crippen MR) is 79.0 cm³/mol. The molecular weight excluding hydrogens is 274 g/mol. The van der Waals surface area contributed by atoms with Gasteiger partial charge in [-0.05, 0) is 39.1 Å². The summed E-state index contributed by atoms with van der Waals surface area (Å²) in [6.07, 6.45) is 1.90. The molecule has 1 fully saturated rings. The van der Waals surface area contributed by atoms with Crippen molar-refractivity contribution in [1.82, 2.24) is 4.90 Å². The summed E-state index contributed by atoms with van der Waals surface area (Å²) in [5.74, 6) is -1.27. The van der Waals surface area contributed by atoms with Gasteiger partial charge in [0.2, 0.25) is 0 Å². The lowest BCUT2D eigenvalue weighted by atomic mass is 10.1. The zero-order valence-electron chi connectivity index (χ0n) is 12.2. The van der Waals surface area contributed by atoms with Crippen LogP contribution in [0.15, 0.2) is 18.2 Å². The highest BCUT2D eigenvalue weighted by atomic mass is 16.6. The Labute approximate surface area is 122 Å². The highest BCUT2D eigenvalue weighted by molar-refractivity contribution is 5.95. The van der Waals surface area contributed by atoms with Gasteiger partial charge in [0.1, 0.15) is 11.3 Å². The van der Waals surface area contributed by atoms with E-state index >= 15 is 0 Å². The van der Waals surface area contributed by atoms with Gasteiger partial charge in [0.15, 0.2) is 0 Å². The molecule has 1 atom stereocenters. The first-order valence-corrected chi connectivity index (χ1v) is 6.84. The number of anilines is 1. The summed E-state index contributed by atoms with van der Waals surface area (Å²) in [5, 5.41) is 20.5. The fourth-order valence-corrected chi connectivity index (χ4v) is 2.89. The molecule has 7 nitrogen and oxygen atoms in total. The van der Waals surface area contributed by atoms with Gasteiger partial charge in [0.05, 0.1) is 4.92 Å². The van der Waals surface area contributed by atoms with Crippen molar-refractivity contribution in [3.63, 3.8) is 0 Å². The van der Waals surface area contributed by atoms with Gasteiger partial charge in [-0.1, -0.05) is 6.07 Å². The summed E-state index contributed by atoms with van der Waals surface area (Å²) in [5.41, 5.74) is -0.159. The van der Waals surface area contributed by atoms with E-state index in [-0.39, 0.29) is 17.3 Å². The third-order valence-corrected chi connectivity index (χ3v) is 3.69. The van der Waals surface area contributed by atoms with Crippen LogP contribution >= 0.6 is 0 Å². The Morgan fingerprint density at radius 1 is 1.52 bits per heavy atom. The maximum absolute atomic E-state index is 11.3. The molecule has 1 aromatic rings. The molecule has 21 heavy (non-hydrogen) atoms. The van der Waals surface area contributed by atoms with E-state index in [1.165, 1.54) is 6.07 Å². The largest absolute Gasteiger partial charge is 0.477 e. The van der Waals surface area contributed by atoms with E-state index in [1.54, 1.807) is 12.1 Å². The molecule has 1 aliphatic rings. The van der Waals surface area contributed by atoms with Crippen molar-refractivity contribution in [1.29, 1.82) is 0 Å². The van der Waals surface area contributed by atoms with Crippen LogP contribution in [-0.2, 0) is 0 Å². The minimum absolute atomic E-state index is 0.169. The number of carboxylic acids is 1. The van der Waals surface area contributed by atoms with Crippen molar-refractivity contribution in [2.75, 3.05) is 32.1 Å². The minimum Gasteiger partial charge on any atom is -0.477 e. The van der Waals surface area contributed by atoms with Crippen LogP contribution in [0.5, 0.6) is 0 Å². The third-order valence-electron chi connectivity index (χ3n) is 3.69. The monoisotopic (exact) mass is 293 g/mol. The number of hydrogen-bond acceptors (Lipinski definition) is 5. The molecule has 2 rings (SSSR count). The standard InChI is InChI=1S/C14H19N3O4/c1-15(2)9-10-5-4-8-16(10)12-7-3-6-11(14(18)19)13(12)17(20)21/h3,6-7,10H,4-5,8-9H2,1-2H3,(H,18,19). The number of carbonyl (C=O) groups is 1. The van der Waals surface area contributed by atoms with E-state index in [0.29, 0.717) is 12.2 Å². The molecule has 1 aromatic carbocycles. The van der Waals surface area contributed by atoms with Gasteiger partial charge in [0.25, 0.3) is 0 Å². The van der Waals surface area contributed by atoms with Crippen LogP contribution in [-0.4, -0.2) is 54.1 Å². The van der Waals surface area contributed by atoms with Crippen LogP contribution in [0.2, 0.25) is 0 Å². The van der Waals surface area contributed by atoms with Crippen LogP contribution in [0, 0.1) is 10.1 Å². The first-order chi connectivity index (χ1) is 9.91. The maximum Gasteiger partial charge on any atom is 0.342 e. The van der Waals surface area contributed by atoms with Gasteiger partial charge in [-0.15, -0.1) is 0 Å². The second-order valence-electron chi connectivity index (χ2n) is 5.49. The lowest BCUT2D eigenvalue weighted by molar-refractivity contribution is -0.384. The summed E-state index contributed by atoms with van der Waals surface area (Å²) >= 11 is 0. The van der Waals surface area contributed by atoms with Crippen molar-refractivity contribution in [2.24, 2.45) is 0 Å². The molecule has 7 heteroatoms. The Kier molecular flexibility index (Phi) is 4.42. The Bertz CT molecular complexity index is 559. The molecule has 1 N–H and O–H groups in total. The van der Waals surface area contributed by atoms with Crippen LogP contribution in [0.25, 0.3) is 0 Å². The number of likely N-dealkylation sites (N-methyl/N-ethyl adjacent to an activating group) is 1. The predicted octanol–water partition coefficient (Wildman–Crippen LogP) is 1.82. The normalized spacial score (nSPS) is 18.2. The zero-order chi connectivity index (χ0) is 15.6. The van der Waals surface area contributed by atoms with E-state index in [0.717, 1.165) is 19.4 Å². The Morgan fingerprint density at radius 3 is 2.81 bits per heavy atom. The number of nitro benzene ring substituents is 1. The molecule has 0 aliphatic carbocycles. The highest BCUT2D eigenvalue weighted by Crippen LogP contribution is 2.36. The molecule has 1 saturated heterocycles. The van der Waals surface area contributed by atoms with Gasteiger partial charge in [-0.2, -0.15) is 0 Å². The van der Waals surface area contributed by atoms with Crippen LogP contribution in [0.4, 0.5) is 11.4 Å². The molecule has 1 unspecified atom stereocenters. The summed E-state index contributed by atoms with van der Waals surface area (Å²) in [6, 6.07) is 4.65. The van der Waals surface area contributed by atoms with Crippen molar-refractivity contribution >= 4 is 17.3 Å². The molecule has 0 radical (unpaired) electrons. The quantitative estimate of drug-likeness (QED) is 0.658. The molecule has 0 spiro atoms. The fourth-order valence-electron chi connectivity index (χ4n) is 2.89. The number of carboxylic acid groups (broad SMARTS) is 1. The number of benzene rings is 1. The molecule has 0 aromatic heterocycles. The summed E-state index contributed by atoms with van der Waals surface area (Å²) in [6.45, 7) is 1.50. The number of rotatable bonds is 5. The van der Waals surface area contributed by atoms with Gasteiger partial charge in [-0.3, -0.25) is 10.1 Å². The lowest BCUT2D eigenvalue weighted by Crippen LogP contribution is -2.38. The van der Waals surface area contributed by atoms with Crippen molar-refractivity contribution < 1.29 is 14.8 Å². The average molecular weight is 293 g/mol. The molecule has 0 amide bonds. The second-order valence-corrected chi connectivity index (χ2v) is 5.49. The Morgan fingerprint density at radius 2 is 2.24 bits per heavy atom. The van der Waals surface area contributed by atoms with E-state index < -0.39 is 10.9 Å². The summed E-state index contributed by atoms with van der Waals surface area (Å²) < 4.78 is 0. The summed E-state index contributed by atoms with van der Waals surface area (Å²) in [4.78, 5) is 26.0. The number of hydrogen-bond donors (Lipinski definition) is 1. The van der Waals surface area contributed by atoms with Crippen LogP contribution < -0.4 is 4.90 Å². The van der Waals surface area contributed by atoms with Crippen molar-refractivity contribution in [3.8, 4) is 0 Å². The van der Waals surface area contributed by atoms with E-state index in [2.05, 4.69) is 0 Å². The topological polar surface area (TPSA) is 86.9 Å². The Balaban J connectivity index is 2.45. The van der Waals surface area contributed by atoms with E-state index in [4.69, 9.17) is 5.11 Å². The van der Waals surface area contributed by atoms with Crippen LogP contribution in [0.1, 0.15) is 23.2 Å². The molecule has 0 bridgehead atoms. The van der Waals surface area contributed by atoms with Crippen LogP contribution in [0.3, 0.4) is 0 Å². The zero-order valence-corrected chi connectivity index (χ0v) is 12.2. The molecule has 114 valence electrons. The SMILES string of the molecule is CN(C)CC1CCCN1c1cccc(C(=O)O)c1[N+](=O)[O-]. The van der Waals surface area contributed by atoms with Gasteiger partial charge in [0, 0.05) is 19.1 Å². The Hall–Kier alpha value is -2.15. The molecular formula is C14H19N3O4. The maximum atomic E-state index is 11.3. The van der Waals surface area contributed by atoms with E-state index in [1.807, 2.05) is 23.9 Å². The fraction of sp³-hybridized carbons (Fsp3) is 0.500. The minimum atomic E-state index is -1.27. The third kappa shape index (κ3) is 3.13. The van der Waals surface area contributed by atoms with Gasteiger partial charge < -0.3 is 14.9 Å². The molecule has 1 aliphatic heterocycles. The van der Waals surface area contributed by atoms with Gasteiger partial charge in [-0.25, -0.2) is 4.79 Å². The molecule has 1 heterocycles. The molecule has 0 saturated carbocycles. The number of nitrogens with zero attached hydrogens (tertiary/aromatic N) is 3. The smallest absolute Gasteiger partial charge is 0.342 e. The number of aromatic carboxylic acids is 1. The average Bonchev–Trinajstić information content (AvgIpc) is 2.84. The summed E-state index contributed by atoms with van der Waals surface area (Å²) in [7, 11) is 3.91. The van der Waals surface area contributed by atoms with Crippen molar-refractivity contribution in [2.45, 2.75) is 18.9 Å². The first kappa shape index (κ1) is 15.2. The second kappa shape index (κ2) is 6.09. The number of nitro groups is 1. The van der Waals surface area contributed by atoms with Gasteiger partial charge >= 0.3 is 11.7 Å². The van der Waals surface area contributed by atoms with Crippen molar-refractivity contribution in [3.05, 3.63) is 33.9 Å². The first-order valence-electron chi connectivity index (χ1n) is 6.84. The lowest BCUT2D eigenvalue weighted by Gasteiger charge is -2.28. The number of para-hydroxylation sites is 1.